The lowest BCUT2D eigenvalue weighted by Gasteiger charge is -2.15. The predicted molar refractivity (Wildman–Crippen MR) is 69.6 cm³/mol. The molecule has 1 heterocycles. The highest BCUT2D eigenvalue weighted by atomic mass is 32.2. The smallest absolute Gasteiger partial charge is 0.434 e. The third kappa shape index (κ3) is 3.66. The second-order valence-electron chi connectivity index (χ2n) is 3.59. The van der Waals surface area contributed by atoms with Crippen molar-refractivity contribution in [2.75, 3.05) is 0 Å². The van der Waals surface area contributed by atoms with Crippen LogP contribution in [0.15, 0.2) is 39.5 Å². The summed E-state index contributed by atoms with van der Waals surface area (Å²) in [5, 5.41) is 5.98. The topological polar surface area (TPSA) is 68.1 Å². The minimum atomic E-state index is -0.525. The molecule has 0 fully saturated rings. The van der Waals surface area contributed by atoms with Gasteiger partial charge in [0.2, 0.25) is 5.89 Å². The number of rotatable bonds is 6. The van der Waals surface area contributed by atoms with Crippen LogP contribution in [0.3, 0.4) is 0 Å². The van der Waals surface area contributed by atoms with Crippen LogP contribution >= 0.6 is 11.8 Å². The molecular formula is C12H14N2O3S. The van der Waals surface area contributed by atoms with Gasteiger partial charge in [0.15, 0.2) is 0 Å². The van der Waals surface area contributed by atoms with Crippen molar-refractivity contribution in [1.82, 2.24) is 10.2 Å². The third-order valence-corrected chi connectivity index (χ3v) is 3.43. The predicted octanol–water partition coefficient (Wildman–Crippen LogP) is 2.41. The normalized spacial score (nSPS) is 12.3. The van der Waals surface area contributed by atoms with E-state index >= 15 is 0 Å². The van der Waals surface area contributed by atoms with E-state index in [0.29, 0.717) is 11.6 Å². The Kier molecular flexibility index (Phi) is 4.46. The number of hydrogen-bond donors (Lipinski definition) is 1. The van der Waals surface area contributed by atoms with E-state index in [1.807, 2.05) is 37.3 Å². The van der Waals surface area contributed by atoms with E-state index in [9.17, 15) is 4.79 Å². The number of aromatic amines is 1. The van der Waals surface area contributed by atoms with Gasteiger partial charge in [-0.2, -0.15) is 0 Å². The third-order valence-electron chi connectivity index (χ3n) is 2.22. The molecule has 1 N–H and O–H groups in total. The first-order chi connectivity index (χ1) is 8.78. The molecule has 18 heavy (non-hydrogen) atoms. The van der Waals surface area contributed by atoms with Gasteiger partial charge >= 0.3 is 5.76 Å². The molecule has 0 saturated heterocycles. The van der Waals surface area contributed by atoms with Crippen LogP contribution in [0.25, 0.3) is 0 Å². The summed E-state index contributed by atoms with van der Waals surface area (Å²) in [7, 11) is 0. The number of nitrogens with one attached hydrogen (secondary N) is 1. The van der Waals surface area contributed by atoms with Crippen LogP contribution in [0, 0.1) is 0 Å². The zero-order chi connectivity index (χ0) is 12.8. The van der Waals surface area contributed by atoms with Gasteiger partial charge in [-0.15, -0.1) is 16.9 Å². The highest BCUT2D eigenvalue weighted by molar-refractivity contribution is 7.99. The fourth-order valence-corrected chi connectivity index (χ4v) is 2.24. The molecule has 0 saturated carbocycles. The summed E-state index contributed by atoms with van der Waals surface area (Å²) in [5.74, 6) is 1.20. The van der Waals surface area contributed by atoms with Crippen molar-refractivity contribution in [1.29, 1.82) is 0 Å². The molecule has 0 radical (unpaired) electrons. The van der Waals surface area contributed by atoms with E-state index in [1.54, 1.807) is 11.8 Å². The van der Waals surface area contributed by atoms with Crippen molar-refractivity contribution in [3.63, 3.8) is 0 Å². The van der Waals surface area contributed by atoms with Crippen LogP contribution in [-0.4, -0.2) is 15.6 Å². The molecule has 96 valence electrons. The first-order valence-electron chi connectivity index (χ1n) is 5.65. The summed E-state index contributed by atoms with van der Waals surface area (Å²) >= 11 is 1.55. The molecule has 0 aliphatic heterocycles. The van der Waals surface area contributed by atoms with Crippen LogP contribution in [-0.2, 0) is 5.75 Å². The number of aromatic nitrogens is 2. The Labute approximate surface area is 109 Å². The lowest BCUT2D eigenvalue weighted by molar-refractivity contribution is 0.283. The van der Waals surface area contributed by atoms with E-state index in [4.69, 9.17) is 9.15 Å². The van der Waals surface area contributed by atoms with Crippen LogP contribution in [0.2, 0.25) is 0 Å². The Morgan fingerprint density at radius 3 is 2.83 bits per heavy atom. The Morgan fingerprint density at radius 2 is 2.22 bits per heavy atom. The zero-order valence-corrected chi connectivity index (χ0v) is 10.8. The van der Waals surface area contributed by atoms with Crippen LogP contribution < -0.4 is 10.5 Å². The highest BCUT2D eigenvalue weighted by Gasteiger charge is 2.11. The molecule has 0 amide bonds. The van der Waals surface area contributed by atoms with Gasteiger partial charge in [-0.25, -0.2) is 9.89 Å². The average molecular weight is 266 g/mol. The van der Waals surface area contributed by atoms with Crippen molar-refractivity contribution < 1.29 is 9.15 Å². The Bertz CT molecular complexity index is 523. The molecular weight excluding hydrogens is 252 g/mol. The summed E-state index contributed by atoms with van der Waals surface area (Å²) in [6.07, 6.45) is 0.855. The monoisotopic (exact) mass is 266 g/mol. The van der Waals surface area contributed by atoms with Gasteiger partial charge in [-0.1, -0.05) is 25.1 Å². The first-order valence-corrected chi connectivity index (χ1v) is 6.70. The van der Waals surface area contributed by atoms with Gasteiger partial charge in [0.05, 0.1) is 5.75 Å². The van der Waals surface area contributed by atoms with Gasteiger partial charge < -0.3 is 9.15 Å². The summed E-state index contributed by atoms with van der Waals surface area (Å²) in [6.45, 7) is 2.04. The average Bonchev–Trinajstić information content (AvgIpc) is 2.81. The van der Waals surface area contributed by atoms with Crippen molar-refractivity contribution in [2.45, 2.75) is 24.5 Å². The number of para-hydroxylation sites is 1. The summed E-state index contributed by atoms with van der Waals surface area (Å²) in [6, 6.07) is 9.63. The maximum absolute atomic E-state index is 10.8. The number of benzene rings is 1. The second-order valence-corrected chi connectivity index (χ2v) is 4.73. The van der Waals surface area contributed by atoms with Crippen molar-refractivity contribution in [3.05, 3.63) is 46.8 Å². The largest absolute Gasteiger partial charge is 0.480 e. The molecule has 0 aliphatic carbocycles. The molecule has 2 aromatic rings. The van der Waals surface area contributed by atoms with E-state index in [-0.39, 0.29) is 5.44 Å². The summed E-state index contributed by atoms with van der Waals surface area (Å²) < 4.78 is 10.6. The maximum Gasteiger partial charge on any atom is 0.434 e. The molecule has 6 heteroatoms. The molecule has 1 atom stereocenters. The maximum atomic E-state index is 10.8. The molecule has 5 nitrogen and oxygen atoms in total. The summed E-state index contributed by atoms with van der Waals surface area (Å²) in [5.41, 5.74) is 0.00871. The number of nitrogens with zero attached hydrogens (tertiary/aromatic N) is 1. The minimum Gasteiger partial charge on any atom is -0.480 e. The van der Waals surface area contributed by atoms with Crippen molar-refractivity contribution in [2.24, 2.45) is 0 Å². The number of ether oxygens (including phenoxy) is 1. The Balaban J connectivity index is 1.88. The molecule has 2 rings (SSSR count). The lowest BCUT2D eigenvalue weighted by atomic mass is 10.3. The fourth-order valence-electron chi connectivity index (χ4n) is 1.37. The Hall–Kier alpha value is -1.69. The van der Waals surface area contributed by atoms with Crippen molar-refractivity contribution >= 4 is 11.8 Å². The fraction of sp³-hybridized carbons (Fsp3) is 0.333. The van der Waals surface area contributed by atoms with E-state index in [0.717, 1.165) is 12.2 Å². The number of H-pyrrole nitrogens is 1. The summed E-state index contributed by atoms with van der Waals surface area (Å²) in [4.78, 5) is 10.8. The molecule has 0 spiro atoms. The van der Waals surface area contributed by atoms with Gasteiger partial charge in [0.1, 0.15) is 11.2 Å². The van der Waals surface area contributed by atoms with E-state index in [2.05, 4.69) is 10.2 Å². The SMILES string of the molecule is CCC(Oc1ccccc1)SCc1n[nH]c(=O)o1. The molecule has 1 aromatic carbocycles. The first kappa shape index (κ1) is 12.8. The molecule has 0 bridgehead atoms. The zero-order valence-electron chi connectivity index (χ0n) is 9.96. The molecule has 0 aliphatic rings. The standard InChI is InChI=1S/C12H14N2O3S/c1-2-11(16-9-6-4-3-5-7-9)18-8-10-13-14-12(15)17-10/h3-7,11H,2,8H2,1H3,(H,14,15). The highest BCUT2D eigenvalue weighted by Crippen LogP contribution is 2.22. The number of hydrogen-bond acceptors (Lipinski definition) is 5. The van der Waals surface area contributed by atoms with Gasteiger partial charge in [0, 0.05) is 0 Å². The second kappa shape index (κ2) is 6.30. The minimum absolute atomic E-state index is 0.00871. The van der Waals surface area contributed by atoms with Crippen LogP contribution in [0.4, 0.5) is 0 Å². The van der Waals surface area contributed by atoms with E-state index < -0.39 is 5.76 Å². The van der Waals surface area contributed by atoms with Crippen LogP contribution in [0.1, 0.15) is 19.2 Å². The van der Waals surface area contributed by atoms with E-state index in [1.165, 1.54) is 0 Å². The van der Waals surface area contributed by atoms with Crippen molar-refractivity contribution in [3.8, 4) is 5.75 Å². The quantitative estimate of drug-likeness (QED) is 0.813. The van der Waals surface area contributed by atoms with Gasteiger partial charge in [-0.3, -0.25) is 0 Å². The Morgan fingerprint density at radius 1 is 1.44 bits per heavy atom. The molecule has 1 aromatic heterocycles. The van der Waals surface area contributed by atoms with Gasteiger partial charge in [-0.05, 0) is 18.6 Å². The van der Waals surface area contributed by atoms with Crippen LogP contribution in [0.5, 0.6) is 5.75 Å². The number of thioether (sulfide) groups is 1. The van der Waals surface area contributed by atoms with Gasteiger partial charge in [0.25, 0.3) is 0 Å². The molecule has 1 unspecified atom stereocenters. The lowest BCUT2D eigenvalue weighted by Crippen LogP contribution is -2.11.